The minimum absolute atomic E-state index is 0.607. The second-order valence-corrected chi connectivity index (χ2v) is 3.97. The summed E-state index contributed by atoms with van der Waals surface area (Å²) in [5.74, 6) is 0. The molecular formula is C6H13NS2. The predicted molar refractivity (Wildman–Crippen MR) is 46.8 cm³/mol. The molecule has 9 heavy (non-hydrogen) atoms. The molecule has 1 unspecified atom stereocenters. The highest BCUT2D eigenvalue weighted by Crippen LogP contribution is 2.22. The first-order valence-corrected chi connectivity index (χ1v) is 5.32. The van der Waals surface area contributed by atoms with Crippen molar-refractivity contribution in [3.63, 3.8) is 0 Å². The van der Waals surface area contributed by atoms with Crippen LogP contribution in [0.5, 0.6) is 0 Å². The molecule has 1 saturated heterocycles. The molecule has 1 nitrogen and oxygen atoms in total. The fraction of sp³-hybridized carbons (Fsp3) is 1.00. The molecule has 1 aliphatic heterocycles. The molecule has 0 aliphatic carbocycles. The van der Waals surface area contributed by atoms with Gasteiger partial charge in [-0.1, -0.05) is 10.8 Å². The summed E-state index contributed by atoms with van der Waals surface area (Å²) in [6, 6.07) is 0. The molecule has 0 saturated carbocycles. The van der Waals surface area contributed by atoms with Gasteiger partial charge in [0.25, 0.3) is 0 Å². The maximum Gasteiger partial charge on any atom is 0.0630 e. The van der Waals surface area contributed by atoms with Gasteiger partial charge in [-0.2, -0.15) is 0 Å². The van der Waals surface area contributed by atoms with Gasteiger partial charge in [0.2, 0.25) is 0 Å². The average Bonchev–Trinajstić information content (AvgIpc) is 2.37. The summed E-state index contributed by atoms with van der Waals surface area (Å²) in [6.45, 7) is 4.76. The van der Waals surface area contributed by atoms with Crippen LogP contribution in [-0.4, -0.2) is 23.4 Å². The molecule has 0 aromatic heterocycles. The van der Waals surface area contributed by atoms with Crippen LogP contribution in [0.3, 0.4) is 0 Å². The van der Waals surface area contributed by atoms with E-state index in [1.54, 1.807) is 10.8 Å². The van der Waals surface area contributed by atoms with Crippen molar-refractivity contribution in [2.24, 2.45) is 0 Å². The van der Waals surface area contributed by atoms with Gasteiger partial charge in [-0.25, -0.2) is 0 Å². The van der Waals surface area contributed by atoms with Crippen LogP contribution in [0.25, 0.3) is 0 Å². The fourth-order valence-corrected chi connectivity index (χ4v) is 1.92. The molecule has 0 radical (unpaired) electrons. The van der Waals surface area contributed by atoms with Crippen molar-refractivity contribution in [1.82, 2.24) is 4.90 Å². The summed E-state index contributed by atoms with van der Waals surface area (Å²) >= 11 is 4.17. The van der Waals surface area contributed by atoms with Gasteiger partial charge in [-0.3, -0.25) is 4.90 Å². The smallest absolute Gasteiger partial charge is 0.0630 e. The van der Waals surface area contributed by atoms with Crippen molar-refractivity contribution in [2.45, 2.75) is 25.1 Å². The SMILES string of the molecule is CC(SS)N1CCCC1. The lowest BCUT2D eigenvalue weighted by molar-refractivity contribution is 0.333. The topological polar surface area (TPSA) is 3.24 Å². The Hall–Kier alpha value is 0.660. The Kier molecular flexibility index (Phi) is 3.22. The second-order valence-electron chi connectivity index (χ2n) is 2.45. The van der Waals surface area contributed by atoms with E-state index >= 15 is 0 Å². The molecule has 0 spiro atoms. The van der Waals surface area contributed by atoms with E-state index in [1.807, 2.05) is 0 Å². The maximum absolute atomic E-state index is 4.17. The summed E-state index contributed by atoms with van der Waals surface area (Å²) in [4.78, 5) is 2.47. The van der Waals surface area contributed by atoms with E-state index in [-0.39, 0.29) is 0 Å². The molecule has 0 aromatic carbocycles. The zero-order chi connectivity index (χ0) is 6.69. The normalized spacial score (nSPS) is 24.7. The van der Waals surface area contributed by atoms with E-state index in [1.165, 1.54) is 25.9 Å². The Morgan fingerprint density at radius 3 is 2.44 bits per heavy atom. The third kappa shape index (κ3) is 2.06. The second kappa shape index (κ2) is 3.74. The Labute approximate surface area is 66.0 Å². The third-order valence-corrected chi connectivity index (χ3v) is 3.33. The lowest BCUT2D eigenvalue weighted by Gasteiger charge is -2.20. The number of rotatable bonds is 2. The average molecular weight is 163 g/mol. The molecular weight excluding hydrogens is 150 g/mol. The Morgan fingerprint density at radius 1 is 1.44 bits per heavy atom. The van der Waals surface area contributed by atoms with E-state index in [4.69, 9.17) is 0 Å². The van der Waals surface area contributed by atoms with Crippen LogP contribution in [0, 0.1) is 0 Å². The highest BCUT2D eigenvalue weighted by Gasteiger charge is 2.16. The first-order chi connectivity index (χ1) is 4.34. The summed E-state index contributed by atoms with van der Waals surface area (Å²) < 4.78 is 0. The Morgan fingerprint density at radius 2 is 2.00 bits per heavy atom. The summed E-state index contributed by atoms with van der Waals surface area (Å²) in [5, 5.41) is 0.607. The van der Waals surface area contributed by atoms with E-state index in [2.05, 4.69) is 23.5 Å². The van der Waals surface area contributed by atoms with Crippen LogP contribution in [-0.2, 0) is 0 Å². The van der Waals surface area contributed by atoms with Gasteiger partial charge in [0.1, 0.15) is 0 Å². The van der Waals surface area contributed by atoms with Crippen molar-refractivity contribution >= 4 is 22.5 Å². The lowest BCUT2D eigenvalue weighted by Crippen LogP contribution is -2.26. The highest BCUT2D eigenvalue weighted by molar-refractivity contribution is 8.68. The van der Waals surface area contributed by atoms with Gasteiger partial charge >= 0.3 is 0 Å². The van der Waals surface area contributed by atoms with Crippen LogP contribution in [0.1, 0.15) is 19.8 Å². The summed E-state index contributed by atoms with van der Waals surface area (Å²) in [6.07, 6.45) is 2.75. The van der Waals surface area contributed by atoms with Crippen LogP contribution >= 0.6 is 22.5 Å². The molecule has 1 atom stereocenters. The standard InChI is InChI=1S/C6H13NS2/c1-6(9-8)7-4-2-3-5-7/h6,8H,2-5H2,1H3. The van der Waals surface area contributed by atoms with Crippen molar-refractivity contribution in [1.29, 1.82) is 0 Å². The monoisotopic (exact) mass is 163 g/mol. The van der Waals surface area contributed by atoms with Crippen molar-refractivity contribution in [3.05, 3.63) is 0 Å². The van der Waals surface area contributed by atoms with Crippen molar-refractivity contribution < 1.29 is 0 Å². The number of hydrogen-bond acceptors (Lipinski definition) is 3. The number of nitrogens with zero attached hydrogens (tertiary/aromatic N) is 1. The minimum Gasteiger partial charge on any atom is -0.291 e. The predicted octanol–water partition coefficient (Wildman–Crippen LogP) is 2.01. The van der Waals surface area contributed by atoms with E-state index in [9.17, 15) is 0 Å². The summed E-state index contributed by atoms with van der Waals surface area (Å²) in [5.41, 5.74) is 0. The van der Waals surface area contributed by atoms with Gasteiger partial charge in [0.15, 0.2) is 0 Å². The first kappa shape index (κ1) is 7.76. The van der Waals surface area contributed by atoms with Gasteiger partial charge in [0.05, 0.1) is 5.37 Å². The molecule has 0 amide bonds. The molecule has 0 N–H and O–H groups in total. The molecule has 0 aromatic rings. The lowest BCUT2D eigenvalue weighted by atomic mass is 10.4. The molecule has 1 rings (SSSR count). The maximum atomic E-state index is 4.17. The van der Waals surface area contributed by atoms with Gasteiger partial charge < -0.3 is 0 Å². The van der Waals surface area contributed by atoms with Crippen molar-refractivity contribution in [3.8, 4) is 0 Å². The molecule has 1 heterocycles. The molecule has 3 heteroatoms. The zero-order valence-corrected chi connectivity index (χ0v) is 7.42. The number of thiol groups is 1. The quantitative estimate of drug-likeness (QED) is 0.490. The highest BCUT2D eigenvalue weighted by atomic mass is 33.1. The molecule has 1 aliphatic rings. The van der Waals surface area contributed by atoms with Crippen LogP contribution in [0.4, 0.5) is 0 Å². The van der Waals surface area contributed by atoms with E-state index in [0.29, 0.717) is 5.37 Å². The molecule has 0 bridgehead atoms. The zero-order valence-electron chi connectivity index (χ0n) is 5.71. The summed E-state index contributed by atoms with van der Waals surface area (Å²) in [7, 11) is 1.64. The van der Waals surface area contributed by atoms with Crippen LogP contribution in [0.2, 0.25) is 0 Å². The van der Waals surface area contributed by atoms with Gasteiger partial charge in [0, 0.05) is 0 Å². The third-order valence-electron chi connectivity index (χ3n) is 1.81. The molecule has 1 fully saturated rings. The van der Waals surface area contributed by atoms with Crippen LogP contribution in [0.15, 0.2) is 0 Å². The van der Waals surface area contributed by atoms with Gasteiger partial charge in [-0.05, 0) is 32.9 Å². The first-order valence-electron chi connectivity index (χ1n) is 3.39. The number of likely N-dealkylation sites (tertiary alicyclic amines) is 1. The minimum atomic E-state index is 0.607. The Balaban J connectivity index is 2.24. The van der Waals surface area contributed by atoms with Gasteiger partial charge in [-0.15, -0.1) is 11.7 Å². The largest absolute Gasteiger partial charge is 0.291 e. The Bertz CT molecular complexity index is 81.1. The van der Waals surface area contributed by atoms with Crippen LogP contribution < -0.4 is 0 Å². The molecule has 54 valence electrons. The number of hydrogen-bond donors (Lipinski definition) is 1. The van der Waals surface area contributed by atoms with Crippen molar-refractivity contribution in [2.75, 3.05) is 13.1 Å². The fourth-order valence-electron chi connectivity index (χ4n) is 1.17. The van der Waals surface area contributed by atoms with E-state index < -0.39 is 0 Å². The van der Waals surface area contributed by atoms with E-state index in [0.717, 1.165) is 0 Å².